The van der Waals surface area contributed by atoms with Gasteiger partial charge in [0.1, 0.15) is 0 Å². The van der Waals surface area contributed by atoms with E-state index in [4.69, 9.17) is 5.73 Å². The third-order valence-electron chi connectivity index (χ3n) is 3.45. The molecule has 0 saturated carbocycles. The molecule has 1 fully saturated rings. The third-order valence-corrected chi connectivity index (χ3v) is 3.45. The highest BCUT2D eigenvalue weighted by Gasteiger charge is 2.27. The molecule has 0 bridgehead atoms. The third kappa shape index (κ3) is 2.86. The van der Waals surface area contributed by atoms with Crippen LogP contribution in [0.4, 0.5) is 0 Å². The average molecular weight is 232 g/mol. The molecule has 0 aromatic heterocycles. The highest BCUT2D eigenvalue weighted by molar-refractivity contribution is 5.79. The first-order chi connectivity index (χ1) is 8.20. The standard InChI is InChI=1S/C14H20N2O/c1-11-4-6-12(7-5-11)9-14(17)16-8-2-3-13(16)10-15/h4-7,13H,2-3,8-10,15H2,1H3/t13-/m0/s1. The van der Waals surface area contributed by atoms with Gasteiger partial charge in [-0.25, -0.2) is 0 Å². The minimum absolute atomic E-state index is 0.210. The molecule has 1 heterocycles. The zero-order chi connectivity index (χ0) is 12.3. The van der Waals surface area contributed by atoms with E-state index in [9.17, 15) is 4.79 Å². The number of amides is 1. The Morgan fingerprint density at radius 2 is 2.12 bits per heavy atom. The van der Waals surface area contributed by atoms with Gasteiger partial charge in [0.2, 0.25) is 5.91 Å². The van der Waals surface area contributed by atoms with Gasteiger partial charge in [-0.05, 0) is 25.3 Å². The number of benzene rings is 1. The Kier molecular flexibility index (Phi) is 3.79. The number of aryl methyl sites for hydroxylation is 1. The number of hydrogen-bond acceptors (Lipinski definition) is 2. The zero-order valence-electron chi connectivity index (χ0n) is 10.4. The SMILES string of the molecule is Cc1ccc(CC(=O)N2CCC[C@H]2CN)cc1. The lowest BCUT2D eigenvalue weighted by molar-refractivity contribution is -0.131. The topological polar surface area (TPSA) is 46.3 Å². The largest absolute Gasteiger partial charge is 0.338 e. The molecule has 3 heteroatoms. The fourth-order valence-electron chi connectivity index (χ4n) is 2.39. The van der Waals surface area contributed by atoms with E-state index in [0.717, 1.165) is 24.9 Å². The summed E-state index contributed by atoms with van der Waals surface area (Å²) in [6.45, 7) is 3.50. The lowest BCUT2D eigenvalue weighted by Crippen LogP contribution is -2.40. The average Bonchev–Trinajstić information content (AvgIpc) is 2.80. The van der Waals surface area contributed by atoms with E-state index in [-0.39, 0.29) is 11.9 Å². The number of hydrogen-bond donors (Lipinski definition) is 1. The first kappa shape index (κ1) is 12.1. The number of carbonyl (C=O) groups excluding carboxylic acids is 1. The van der Waals surface area contributed by atoms with Crippen LogP contribution in [-0.4, -0.2) is 29.9 Å². The maximum Gasteiger partial charge on any atom is 0.227 e. The van der Waals surface area contributed by atoms with Gasteiger partial charge in [0.25, 0.3) is 0 Å². The second kappa shape index (κ2) is 5.32. The van der Waals surface area contributed by atoms with Gasteiger partial charge in [-0.2, -0.15) is 0 Å². The number of nitrogens with zero attached hydrogens (tertiary/aromatic N) is 1. The zero-order valence-corrected chi connectivity index (χ0v) is 10.4. The predicted octanol–water partition coefficient (Wildman–Crippen LogP) is 1.49. The number of nitrogens with two attached hydrogens (primary N) is 1. The summed E-state index contributed by atoms with van der Waals surface area (Å²) in [5.41, 5.74) is 7.99. The smallest absolute Gasteiger partial charge is 0.227 e. The summed E-state index contributed by atoms with van der Waals surface area (Å²) >= 11 is 0. The molecule has 2 rings (SSSR count). The van der Waals surface area contributed by atoms with Crippen LogP contribution in [0.3, 0.4) is 0 Å². The maximum absolute atomic E-state index is 12.1. The van der Waals surface area contributed by atoms with Crippen LogP contribution in [0.1, 0.15) is 24.0 Å². The van der Waals surface area contributed by atoms with Crippen LogP contribution in [0, 0.1) is 6.92 Å². The molecule has 2 N–H and O–H groups in total. The van der Waals surface area contributed by atoms with Crippen LogP contribution >= 0.6 is 0 Å². The Labute approximate surface area is 103 Å². The van der Waals surface area contributed by atoms with E-state index >= 15 is 0 Å². The molecule has 0 unspecified atom stereocenters. The predicted molar refractivity (Wildman–Crippen MR) is 68.7 cm³/mol. The van der Waals surface area contributed by atoms with Gasteiger partial charge < -0.3 is 10.6 Å². The Morgan fingerprint density at radius 1 is 1.41 bits per heavy atom. The van der Waals surface area contributed by atoms with E-state index in [1.165, 1.54) is 5.56 Å². The van der Waals surface area contributed by atoms with Gasteiger partial charge in [0.15, 0.2) is 0 Å². The van der Waals surface area contributed by atoms with Crippen molar-refractivity contribution in [2.45, 2.75) is 32.2 Å². The fourth-order valence-corrected chi connectivity index (χ4v) is 2.39. The molecular formula is C14H20N2O. The lowest BCUT2D eigenvalue weighted by atomic mass is 10.1. The summed E-state index contributed by atoms with van der Waals surface area (Å²) in [6.07, 6.45) is 2.63. The van der Waals surface area contributed by atoms with Gasteiger partial charge in [-0.15, -0.1) is 0 Å². The summed E-state index contributed by atoms with van der Waals surface area (Å²) in [7, 11) is 0. The molecular weight excluding hydrogens is 212 g/mol. The quantitative estimate of drug-likeness (QED) is 0.858. The Hall–Kier alpha value is -1.35. The van der Waals surface area contributed by atoms with E-state index < -0.39 is 0 Å². The van der Waals surface area contributed by atoms with Crippen molar-refractivity contribution in [2.75, 3.05) is 13.1 Å². The molecule has 0 radical (unpaired) electrons. The van der Waals surface area contributed by atoms with Gasteiger partial charge in [0, 0.05) is 19.1 Å². The van der Waals surface area contributed by atoms with E-state index in [0.29, 0.717) is 13.0 Å². The minimum Gasteiger partial charge on any atom is -0.338 e. The summed E-state index contributed by atoms with van der Waals surface area (Å²) in [5, 5.41) is 0. The molecule has 1 aliphatic rings. The van der Waals surface area contributed by atoms with Gasteiger partial charge in [-0.3, -0.25) is 4.79 Å². The van der Waals surface area contributed by atoms with Crippen LogP contribution in [0.25, 0.3) is 0 Å². The van der Waals surface area contributed by atoms with Crippen LogP contribution in [0.2, 0.25) is 0 Å². The molecule has 1 saturated heterocycles. The Bertz CT molecular complexity index is 386. The molecule has 17 heavy (non-hydrogen) atoms. The van der Waals surface area contributed by atoms with Crippen molar-refractivity contribution >= 4 is 5.91 Å². The molecule has 1 amide bonds. The highest BCUT2D eigenvalue weighted by atomic mass is 16.2. The van der Waals surface area contributed by atoms with Gasteiger partial charge >= 0.3 is 0 Å². The van der Waals surface area contributed by atoms with Crippen molar-refractivity contribution in [3.63, 3.8) is 0 Å². The maximum atomic E-state index is 12.1. The first-order valence-corrected chi connectivity index (χ1v) is 6.26. The summed E-state index contributed by atoms with van der Waals surface area (Å²) < 4.78 is 0. The van der Waals surface area contributed by atoms with Crippen LogP contribution in [-0.2, 0) is 11.2 Å². The van der Waals surface area contributed by atoms with Crippen molar-refractivity contribution in [1.29, 1.82) is 0 Å². The Balaban J connectivity index is 1.99. The molecule has 1 aliphatic heterocycles. The highest BCUT2D eigenvalue weighted by Crippen LogP contribution is 2.17. The molecule has 1 aromatic carbocycles. The first-order valence-electron chi connectivity index (χ1n) is 6.26. The number of rotatable bonds is 3. The number of carbonyl (C=O) groups is 1. The van der Waals surface area contributed by atoms with Crippen molar-refractivity contribution in [3.05, 3.63) is 35.4 Å². The summed E-state index contributed by atoms with van der Waals surface area (Å²) in [5.74, 6) is 0.210. The molecule has 92 valence electrons. The van der Waals surface area contributed by atoms with Crippen molar-refractivity contribution < 1.29 is 4.79 Å². The minimum atomic E-state index is 0.210. The summed E-state index contributed by atoms with van der Waals surface area (Å²) in [4.78, 5) is 14.1. The van der Waals surface area contributed by atoms with Gasteiger partial charge in [-0.1, -0.05) is 29.8 Å². The molecule has 1 aromatic rings. The van der Waals surface area contributed by atoms with Crippen molar-refractivity contribution in [3.8, 4) is 0 Å². The summed E-state index contributed by atoms with van der Waals surface area (Å²) in [6, 6.07) is 8.41. The lowest BCUT2D eigenvalue weighted by Gasteiger charge is -2.23. The van der Waals surface area contributed by atoms with E-state index in [2.05, 4.69) is 6.92 Å². The van der Waals surface area contributed by atoms with Crippen LogP contribution < -0.4 is 5.73 Å². The van der Waals surface area contributed by atoms with Crippen molar-refractivity contribution in [2.24, 2.45) is 5.73 Å². The van der Waals surface area contributed by atoms with Crippen LogP contribution in [0.15, 0.2) is 24.3 Å². The number of likely N-dealkylation sites (tertiary alicyclic amines) is 1. The van der Waals surface area contributed by atoms with Crippen molar-refractivity contribution in [1.82, 2.24) is 4.90 Å². The molecule has 0 aliphatic carbocycles. The van der Waals surface area contributed by atoms with E-state index in [1.807, 2.05) is 29.2 Å². The molecule has 0 spiro atoms. The monoisotopic (exact) mass is 232 g/mol. The fraction of sp³-hybridized carbons (Fsp3) is 0.500. The van der Waals surface area contributed by atoms with Gasteiger partial charge in [0.05, 0.1) is 6.42 Å². The molecule has 1 atom stereocenters. The van der Waals surface area contributed by atoms with E-state index in [1.54, 1.807) is 0 Å². The second-order valence-electron chi connectivity index (χ2n) is 4.78. The molecule has 3 nitrogen and oxygen atoms in total. The second-order valence-corrected chi connectivity index (χ2v) is 4.78. The normalized spacial score (nSPS) is 19.6. The Morgan fingerprint density at radius 3 is 2.76 bits per heavy atom. The van der Waals surface area contributed by atoms with Crippen LogP contribution in [0.5, 0.6) is 0 Å².